The first kappa shape index (κ1) is 27.0. The highest BCUT2D eigenvalue weighted by molar-refractivity contribution is 7.09. The quantitative estimate of drug-likeness (QED) is 0.456. The number of ether oxygens (including phenoxy) is 1. The van der Waals surface area contributed by atoms with E-state index in [1.165, 1.54) is 11.3 Å². The summed E-state index contributed by atoms with van der Waals surface area (Å²) < 4.78 is 5.41. The summed E-state index contributed by atoms with van der Waals surface area (Å²) in [7, 11) is 0. The number of aromatic nitrogens is 1. The summed E-state index contributed by atoms with van der Waals surface area (Å²) in [5.41, 5.74) is 0.685. The van der Waals surface area contributed by atoms with E-state index in [0.29, 0.717) is 18.0 Å². The Morgan fingerprint density at radius 3 is 2.41 bits per heavy atom. The van der Waals surface area contributed by atoms with Crippen molar-refractivity contribution in [2.24, 2.45) is 5.92 Å². The number of benzene rings is 1. The van der Waals surface area contributed by atoms with E-state index < -0.39 is 23.6 Å². The SMILES string of the molecule is C/C=C(\NC(=O)c1csc(C(Cc2ccccc2)NC(=O)OC(C)(C)C)n1)C(=O)NCC(C)C. The molecule has 1 unspecified atom stereocenters. The van der Waals surface area contributed by atoms with E-state index in [-0.39, 0.29) is 23.2 Å². The summed E-state index contributed by atoms with van der Waals surface area (Å²) in [6.07, 6.45) is 1.46. The number of rotatable bonds is 9. The average molecular weight is 487 g/mol. The van der Waals surface area contributed by atoms with Crippen LogP contribution >= 0.6 is 11.3 Å². The third kappa shape index (κ3) is 8.97. The van der Waals surface area contributed by atoms with Crippen LogP contribution in [0.5, 0.6) is 0 Å². The molecule has 2 aromatic rings. The second-order valence-electron chi connectivity index (χ2n) is 9.22. The molecule has 0 radical (unpaired) electrons. The zero-order chi connectivity index (χ0) is 25.3. The molecule has 0 aliphatic rings. The molecule has 1 aromatic carbocycles. The molecule has 1 heterocycles. The lowest BCUT2D eigenvalue weighted by Gasteiger charge is -2.23. The fraction of sp³-hybridized carbons (Fsp3) is 0.440. The predicted molar refractivity (Wildman–Crippen MR) is 133 cm³/mol. The first-order valence-corrected chi connectivity index (χ1v) is 12.1. The molecule has 0 fully saturated rings. The smallest absolute Gasteiger partial charge is 0.408 e. The van der Waals surface area contributed by atoms with Crippen molar-refractivity contribution >= 4 is 29.2 Å². The molecule has 8 nitrogen and oxygen atoms in total. The van der Waals surface area contributed by atoms with Crippen molar-refractivity contribution in [3.63, 3.8) is 0 Å². The summed E-state index contributed by atoms with van der Waals surface area (Å²) in [6.45, 7) is 11.5. The molecule has 9 heteroatoms. The van der Waals surface area contributed by atoms with Gasteiger partial charge in [-0.05, 0) is 45.6 Å². The first-order valence-electron chi connectivity index (χ1n) is 11.2. The zero-order valence-electron chi connectivity index (χ0n) is 20.6. The van der Waals surface area contributed by atoms with Crippen molar-refractivity contribution in [3.05, 3.63) is 63.7 Å². The summed E-state index contributed by atoms with van der Waals surface area (Å²) in [4.78, 5) is 42.0. The largest absolute Gasteiger partial charge is 0.444 e. The van der Waals surface area contributed by atoms with Crippen molar-refractivity contribution in [1.82, 2.24) is 20.9 Å². The van der Waals surface area contributed by atoms with Crippen molar-refractivity contribution in [2.45, 2.75) is 59.6 Å². The molecule has 1 atom stereocenters. The number of hydrogen-bond acceptors (Lipinski definition) is 6. The van der Waals surface area contributed by atoms with Crippen LogP contribution in [0.1, 0.15) is 68.6 Å². The van der Waals surface area contributed by atoms with Gasteiger partial charge in [-0.2, -0.15) is 0 Å². The molecular weight excluding hydrogens is 452 g/mol. The lowest BCUT2D eigenvalue weighted by Crippen LogP contribution is -2.37. The van der Waals surface area contributed by atoms with E-state index in [1.54, 1.807) is 39.2 Å². The number of carbonyl (C=O) groups is 3. The Bertz CT molecular complexity index is 1010. The average Bonchev–Trinajstić information content (AvgIpc) is 3.25. The Hall–Kier alpha value is -3.20. The van der Waals surface area contributed by atoms with Gasteiger partial charge >= 0.3 is 6.09 Å². The van der Waals surface area contributed by atoms with E-state index in [2.05, 4.69) is 20.9 Å². The van der Waals surface area contributed by atoms with Crippen LogP contribution in [0.2, 0.25) is 0 Å². The second kappa shape index (κ2) is 12.3. The fourth-order valence-corrected chi connectivity index (χ4v) is 3.74. The summed E-state index contributed by atoms with van der Waals surface area (Å²) in [5.74, 6) is -0.558. The Morgan fingerprint density at radius 1 is 1.15 bits per heavy atom. The summed E-state index contributed by atoms with van der Waals surface area (Å²) in [5, 5.41) is 10.4. The number of allylic oxidation sites excluding steroid dienone is 1. The Morgan fingerprint density at radius 2 is 1.82 bits per heavy atom. The number of amides is 3. The van der Waals surface area contributed by atoms with Gasteiger partial charge in [0.2, 0.25) is 0 Å². The molecule has 3 N–H and O–H groups in total. The molecule has 0 aliphatic carbocycles. The Labute approximate surface area is 205 Å². The molecule has 0 aliphatic heterocycles. The number of nitrogens with zero attached hydrogens (tertiary/aromatic N) is 1. The van der Waals surface area contributed by atoms with Gasteiger partial charge in [0.1, 0.15) is 22.0 Å². The highest BCUT2D eigenvalue weighted by Crippen LogP contribution is 2.23. The molecule has 34 heavy (non-hydrogen) atoms. The van der Waals surface area contributed by atoms with Gasteiger partial charge < -0.3 is 20.7 Å². The van der Waals surface area contributed by atoms with E-state index in [4.69, 9.17) is 4.74 Å². The topological polar surface area (TPSA) is 109 Å². The maximum absolute atomic E-state index is 12.8. The normalized spacial score (nSPS) is 12.7. The molecule has 0 spiro atoms. The minimum absolute atomic E-state index is 0.160. The lowest BCUT2D eigenvalue weighted by molar-refractivity contribution is -0.117. The number of thiazole rings is 1. The zero-order valence-corrected chi connectivity index (χ0v) is 21.4. The first-order chi connectivity index (χ1) is 16.0. The van der Waals surface area contributed by atoms with Crippen molar-refractivity contribution < 1.29 is 19.1 Å². The van der Waals surface area contributed by atoms with Gasteiger partial charge in [0, 0.05) is 11.9 Å². The van der Waals surface area contributed by atoms with E-state index in [9.17, 15) is 14.4 Å². The van der Waals surface area contributed by atoms with Gasteiger partial charge in [0.15, 0.2) is 0 Å². The number of hydrogen-bond donors (Lipinski definition) is 3. The van der Waals surface area contributed by atoms with Crippen LogP contribution in [-0.2, 0) is 16.0 Å². The fourth-order valence-electron chi connectivity index (χ4n) is 2.89. The second-order valence-corrected chi connectivity index (χ2v) is 10.1. The van der Waals surface area contributed by atoms with Crippen molar-refractivity contribution in [3.8, 4) is 0 Å². The lowest BCUT2D eigenvalue weighted by atomic mass is 10.1. The summed E-state index contributed by atoms with van der Waals surface area (Å²) in [6, 6.07) is 9.19. The van der Waals surface area contributed by atoms with Gasteiger partial charge in [-0.25, -0.2) is 9.78 Å². The molecule has 2 rings (SSSR count). The van der Waals surface area contributed by atoms with Crippen LogP contribution in [0.25, 0.3) is 0 Å². The maximum Gasteiger partial charge on any atom is 0.408 e. The van der Waals surface area contributed by atoms with Crippen LogP contribution in [-0.4, -0.2) is 35.0 Å². The Balaban J connectivity index is 2.16. The van der Waals surface area contributed by atoms with Crippen LogP contribution < -0.4 is 16.0 Å². The summed E-state index contributed by atoms with van der Waals surface area (Å²) >= 11 is 1.26. The molecule has 184 valence electrons. The van der Waals surface area contributed by atoms with Gasteiger partial charge in [0.05, 0.1) is 6.04 Å². The Kier molecular flexibility index (Phi) is 9.80. The highest BCUT2D eigenvalue weighted by atomic mass is 32.1. The maximum atomic E-state index is 12.8. The van der Waals surface area contributed by atoms with Crippen LogP contribution in [0, 0.1) is 5.92 Å². The molecule has 0 saturated carbocycles. The molecule has 0 saturated heterocycles. The highest BCUT2D eigenvalue weighted by Gasteiger charge is 2.24. The molecule has 1 aromatic heterocycles. The third-order valence-electron chi connectivity index (χ3n) is 4.48. The predicted octanol–water partition coefficient (Wildman–Crippen LogP) is 4.36. The monoisotopic (exact) mass is 486 g/mol. The third-order valence-corrected chi connectivity index (χ3v) is 5.44. The minimum atomic E-state index is -0.645. The van der Waals surface area contributed by atoms with Crippen LogP contribution in [0.15, 0.2) is 47.5 Å². The van der Waals surface area contributed by atoms with Crippen molar-refractivity contribution in [1.29, 1.82) is 0 Å². The molecule has 0 bridgehead atoms. The van der Waals surface area contributed by atoms with Gasteiger partial charge in [-0.1, -0.05) is 50.3 Å². The van der Waals surface area contributed by atoms with E-state index in [1.807, 2.05) is 44.2 Å². The van der Waals surface area contributed by atoms with Gasteiger partial charge in [-0.3, -0.25) is 9.59 Å². The van der Waals surface area contributed by atoms with Gasteiger partial charge in [-0.15, -0.1) is 11.3 Å². The molecular formula is C25H34N4O4S. The van der Waals surface area contributed by atoms with Crippen LogP contribution in [0.3, 0.4) is 0 Å². The number of nitrogens with one attached hydrogen (secondary N) is 3. The number of alkyl carbamates (subject to hydrolysis) is 1. The van der Waals surface area contributed by atoms with E-state index in [0.717, 1.165) is 5.56 Å². The number of carbonyl (C=O) groups excluding carboxylic acids is 3. The molecule has 3 amide bonds. The van der Waals surface area contributed by atoms with Gasteiger partial charge in [0.25, 0.3) is 11.8 Å². The standard InChI is InChI=1S/C25H34N4O4S/c1-7-18(21(30)26-14-16(2)3)27-22(31)20-15-34-23(28-20)19(13-17-11-9-8-10-12-17)29-24(32)33-25(4,5)6/h7-12,15-16,19H,13-14H2,1-6H3,(H,26,30)(H,27,31)(H,29,32)/b18-7-. The van der Waals surface area contributed by atoms with Crippen LogP contribution in [0.4, 0.5) is 4.79 Å². The van der Waals surface area contributed by atoms with Crippen molar-refractivity contribution in [2.75, 3.05) is 6.54 Å². The minimum Gasteiger partial charge on any atom is -0.444 e. The van der Waals surface area contributed by atoms with E-state index >= 15 is 0 Å².